The number of Topliss-reactive ketones (excluding diaryl/α,β-unsaturated/α-hetero) is 1. The maximum absolute atomic E-state index is 12.5. The van der Waals surface area contributed by atoms with Gasteiger partial charge in [0.25, 0.3) is 5.91 Å². The van der Waals surface area contributed by atoms with Crippen molar-refractivity contribution in [2.75, 3.05) is 31.6 Å². The van der Waals surface area contributed by atoms with Crippen LogP contribution < -0.4 is 10.2 Å². The predicted molar refractivity (Wildman–Crippen MR) is 99.2 cm³/mol. The van der Waals surface area contributed by atoms with E-state index in [4.69, 9.17) is 9.47 Å². The van der Waals surface area contributed by atoms with Gasteiger partial charge in [-0.3, -0.25) is 9.59 Å². The summed E-state index contributed by atoms with van der Waals surface area (Å²) in [6.45, 7) is 10.9. The summed E-state index contributed by atoms with van der Waals surface area (Å²) in [5.74, 6) is -0.854. The maximum Gasteiger partial charge on any atom is 0.341 e. The number of carbonyl (C=O) groups excluding carboxylic acids is 3. The van der Waals surface area contributed by atoms with Crippen molar-refractivity contribution in [1.29, 1.82) is 0 Å². The first-order valence-corrected chi connectivity index (χ1v) is 9.64. The van der Waals surface area contributed by atoms with Gasteiger partial charge in [0.1, 0.15) is 30.3 Å². The lowest BCUT2D eigenvalue weighted by atomic mass is 10.1. The average molecular weight is 383 g/mol. The van der Waals surface area contributed by atoms with Crippen LogP contribution in [0.3, 0.4) is 0 Å². The average Bonchev–Trinajstić information content (AvgIpc) is 2.82. The predicted octanol–water partition coefficient (Wildman–Crippen LogP) is 1.07. The molecule has 1 aromatic heterocycles. The number of amides is 1. The quantitative estimate of drug-likeness (QED) is 0.567. The highest BCUT2D eigenvalue weighted by Crippen LogP contribution is 2.34. The lowest BCUT2D eigenvalue weighted by Crippen LogP contribution is -3.16. The molecule has 0 unspecified atom stereocenters. The van der Waals surface area contributed by atoms with Gasteiger partial charge in [0.05, 0.1) is 17.0 Å². The molecule has 1 saturated heterocycles. The Bertz CT molecular complexity index is 690. The lowest BCUT2D eigenvalue weighted by molar-refractivity contribution is -0.907. The van der Waals surface area contributed by atoms with E-state index in [-0.39, 0.29) is 42.6 Å². The standard InChI is InChI=1S/C18H26N2O5S/c1-6-24-18(23)15-12(4)16(13(5)21)26-17(15)19-14(22)9-20-7-10(2)25-11(3)8-20/h10-11H,6-9H2,1-5H3,(H,19,22)/p+1/t10-,11-/m1/s1. The minimum absolute atomic E-state index is 0.102. The fraction of sp³-hybridized carbons (Fsp3) is 0.611. The van der Waals surface area contributed by atoms with E-state index in [9.17, 15) is 14.4 Å². The van der Waals surface area contributed by atoms with E-state index in [1.165, 1.54) is 6.92 Å². The normalized spacial score (nSPS) is 22.7. The van der Waals surface area contributed by atoms with Crippen LogP contribution in [0.2, 0.25) is 0 Å². The van der Waals surface area contributed by atoms with Gasteiger partial charge >= 0.3 is 5.97 Å². The Balaban J connectivity index is 2.16. The summed E-state index contributed by atoms with van der Waals surface area (Å²) in [4.78, 5) is 38.2. The van der Waals surface area contributed by atoms with Crippen molar-refractivity contribution >= 4 is 34.0 Å². The van der Waals surface area contributed by atoms with Crippen molar-refractivity contribution in [1.82, 2.24) is 0 Å². The van der Waals surface area contributed by atoms with Crippen molar-refractivity contribution in [3.05, 3.63) is 16.0 Å². The summed E-state index contributed by atoms with van der Waals surface area (Å²) in [5, 5.41) is 3.19. The van der Waals surface area contributed by atoms with Crippen LogP contribution in [0.4, 0.5) is 5.00 Å². The van der Waals surface area contributed by atoms with Crippen molar-refractivity contribution < 1.29 is 28.8 Å². The number of morpholine rings is 1. The van der Waals surface area contributed by atoms with Crippen molar-refractivity contribution in [2.45, 2.75) is 46.8 Å². The van der Waals surface area contributed by atoms with Crippen molar-refractivity contribution in [3.63, 3.8) is 0 Å². The van der Waals surface area contributed by atoms with Gasteiger partial charge in [-0.1, -0.05) is 0 Å². The van der Waals surface area contributed by atoms with Gasteiger partial charge in [-0.05, 0) is 40.2 Å². The third kappa shape index (κ3) is 4.90. The Kier molecular flexibility index (Phi) is 6.91. The summed E-state index contributed by atoms with van der Waals surface area (Å²) in [6.07, 6.45) is 0.204. The smallest absolute Gasteiger partial charge is 0.341 e. The molecule has 1 amide bonds. The van der Waals surface area contributed by atoms with Crippen LogP contribution >= 0.6 is 11.3 Å². The number of ether oxygens (including phenoxy) is 2. The number of quaternary nitrogens is 1. The molecular weight excluding hydrogens is 356 g/mol. The number of anilines is 1. The zero-order chi connectivity index (χ0) is 19.4. The van der Waals surface area contributed by atoms with Gasteiger partial charge in [0.15, 0.2) is 12.3 Å². The van der Waals surface area contributed by atoms with Crippen LogP contribution in [0.15, 0.2) is 0 Å². The van der Waals surface area contributed by atoms with E-state index in [1.54, 1.807) is 13.8 Å². The summed E-state index contributed by atoms with van der Waals surface area (Å²) >= 11 is 1.12. The second-order valence-electron chi connectivity index (χ2n) is 6.68. The highest BCUT2D eigenvalue weighted by atomic mass is 32.1. The molecule has 7 nitrogen and oxygen atoms in total. The van der Waals surface area contributed by atoms with E-state index < -0.39 is 5.97 Å². The number of nitrogens with one attached hydrogen (secondary N) is 2. The molecule has 0 aliphatic carbocycles. The maximum atomic E-state index is 12.5. The van der Waals surface area contributed by atoms with Gasteiger partial charge in [0.2, 0.25) is 0 Å². The van der Waals surface area contributed by atoms with Crippen LogP contribution in [0.25, 0.3) is 0 Å². The van der Waals surface area contributed by atoms with Crippen LogP contribution in [0.5, 0.6) is 0 Å². The van der Waals surface area contributed by atoms with Crippen molar-refractivity contribution in [2.24, 2.45) is 0 Å². The number of rotatable bonds is 6. The molecule has 1 aliphatic rings. The Morgan fingerprint density at radius 1 is 1.27 bits per heavy atom. The lowest BCUT2D eigenvalue weighted by Gasteiger charge is -2.31. The van der Waals surface area contributed by atoms with E-state index >= 15 is 0 Å². The van der Waals surface area contributed by atoms with Crippen LogP contribution in [0, 0.1) is 6.92 Å². The van der Waals surface area contributed by atoms with E-state index in [0.717, 1.165) is 29.3 Å². The molecular formula is C18H27N2O5S+. The molecule has 2 heterocycles. The SMILES string of the molecule is CCOC(=O)c1c(NC(=O)C[NH+]2C[C@@H](C)O[C@H](C)C2)sc(C(C)=O)c1C. The third-order valence-electron chi connectivity index (χ3n) is 4.23. The molecule has 0 spiro atoms. The number of thiophene rings is 1. The first-order valence-electron chi connectivity index (χ1n) is 8.83. The summed E-state index contributed by atoms with van der Waals surface area (Å²) < 4.78 is 10.8. The largest absolute Gasteiger partial charge is 0.462 e. The minimum Gasteiger partial charge on any atom is -0.462 e. The monoisotopic (exact) mass is 383 g/mol. The molecule has 2 N–H and O–H groups in total. The first kappa shape index (κ1) is 20.5. The molecule has 2 rings (SSSR count). The fourth-order valence-corrected chi connectivity index (χ4v) is 4.42. The Morgan fingerprint density at radius 3 is 2.42 bits per heavy atom. The number of hydrogen-bond donors (Lipinski definition) is 2. The van der Waals surface area contributed by atoms with Gasteiger partial charge in [-0.2, -0.15) is 0 Å². The molecule has 0 saturated carbocycles. The third-order valence-corrected chi connectivity index (χ3v) is 5.53. The Labute approximate surface area is 157 Å². The molecule has 2 atom stereocenters. The van der Waals surface area contributed by atoms with Crippen LogP contribution in [-0.4, -0.2) is 56.1 Å². The molecule has 26 heavy (non-hydrogen) atoms. The molecule has 1 aromatic rings. The Hall–Kier alpha value is -1.77. The van der Waals surface area contributed by atoms with E-state index in [0.29, 0.717) is 15.4 Å². The van der Waals surface area contributed by atoms with Gasteiger partial charge < -0.3 is 19.7 Å². The molecule has 144 valence electrons. The molecule has 0 bridgehead atoms. The topological polar surface area (TPSA) is 86.1 Å². The highest BCUT2D eigenvalue weighted by Gasteiger charge is 2.29. The number of ketones is 1. The van der Waals surface area contributed by atoms with Crippen molar-refractivity contribution in [3.8, 4) is 0 Å². The second kappa shape index (κ2) is 8.75. The summed E-state index contributed by atoms with van der Waals surface area (Å²) in [5.41, 5.74) is 0.825. The molecule has 1 fully saturated rings. The summed E-state index contributed by atoms with van der Waals surface area (Å²) in [6, 6.07) is 0. The first-order chi connectivity index (χ1) is 12.2. The van der Waals surface area contributed by atoms with Crippen LogP contribution in [-0.2, 0) is 14.3 Å². The van der Waals surface area contributed by atoms with Crippen LogP contribution in [0.1, 0.15) is 53.3 Å². The molecule has 1 aliphatic heterocycles. The minimum atomic E-state index is -0.523. The van der Waals surface area contributed by atoms with Gasteiger partial charge in [0, 0.05) is 0 Å². The van der Waals surface area contributed by atoms with Gasteiger partial charge in [-0.25, -0.2) is 4.79 Å². The number of carbonyl (C=O) groups is 3. The fourth-order valence-electron chi connectivity index (χ4n) is 3.32. The Morgan fingerprint density at radius 2 is 1.88 bits per heavy atom. The number of hydrogen-bond acceptors (Lipinski definition) is 6. The number of esters is 1. The summed E-state index contributed by atoms with van der Waals surface area (Å²) in [7, 11) is 0. The van der Waals surface area contributed by atoms with E-state index in [1.807, 2.05) is 13.8 Å². The zero-order valence-electron chi connectivity index (χ0n) is 15.9. The zero-order valence-corrected chi connectivity index (χ0v) is 16.7. The molecule has 0 aromatic carbocycles. The molecule has 0 radical (unpaired) electrons. The molecule has 8 heteroatoms. The van der Waals surface area contributed by atoms with E-state index in [2.05, 4.69) is 5.32 Å². The van der Waals surface area contributed by atoms with Gasteiger partial charge in [-0.15, -0.1) is 11.3 Å². The highest BCUT2D eigenvalue weighted by molar-refractivity contribution is 7.18. The second-order valence-corrected chi connectivity index (χ2v) is 7.70.